The van der Waals surface area contributed by atoms with Gasteiger partial charge in [0.05, 0.1) is 29.2 Å². The van der Waals surface area contributed by atoms with Gasteiger partial charge in [-0.25, -0.2) is 0 Å². The van der Waals surface area contributed by atoms with Crippen molar-refractivity contribution in [3.63, 3.8) is 0 Å². The Balaban J connectivity index is 2.29. The number of nitrogens with one attached hydrogen (secondary N) is 1. The third-order valence-corrected chi connectivity index (χ3v) is 3.47. The predicted molar refractivity (Wildman–Crippen MR) is 97.9 cm³/mol. The minimum absolute atomic E-state index is 0.0399. The van der Waals surface area contributed by atoms with Gasteiger partial charge in [0.2, 0.25) is 0 Å². The van der Waals surface area contributed by atoms with E-state index < -0.39 is 15.5 Å². The number of anilines is 1. The Bertz CT molecular complexity index is 879. The van der Waals surface area contributed by atoms with Crippen LogP contribution in [0.1, 0.15) is 11.1 Å². The number of hydrazone groups is 1. The summed E-state index contributed by atoms with van der Waals surface area (Å²) in [6, 6.07) is 8.78. The van der Waals surface area contributed by atoms with E-state index in [-0.39, 0.29) is 11.4 Å². The summed E-state index contributed by atoms with van der Waals surface area (Å²) in [5.41, 5.74) is 3.36. The van der Waals surface area contributed by atoms with Gasteiger partial charge in [-0.1, -0.05) is 18.2 Å². The minimum Gasteiger partial charge on any atom is -0.496 e. The molecular weight excluding hydrogens is 340 g/mol. The first-order valence-corrected chi connectivity index (χ1v) is 7.46. The Labute approximate surface area is 148 Å². The number of para-hydroxylation sites is 1. The zero-order valence-corrected chi connectivity index (χ0v) is 13.9. The number of methoxy groups -OCH3 is 1. The first-order valence-electron chi connectivity index (χ1n) is 7.46. The smallest absolute Gasteiger partial charge is 0.301 e. The minimum atomic E-state index is -0.712. The molecule has 0 heterocycles. The number of ether oxygens (including phenoxy) is 1. The third kappa shape index (κ3) is 4.20. The molecule has 0 amide bonds. The number of hydrogen-bond acceptors (Lipinski definition) is 7. The lowest BCUT2D eigenvalue weighted by Gasteiger charge is -2.09. The summed E-state index contributed by atoms with van der Waals surface area (Å²) in [7, 11) is 1.54. The Hall–Kier alpha value is -3.75. The number of benzene rings is 2. The normalized spacial score (nSPS) is 10.5. The molecule has 9 heteroatoms. The zero-order chi connectivity index (χ0) is 19.1. The molecule has 134 valence electrons. The molecule has 0 radical (unpaired) electrons. The maximum atomic E-state index is 11.1. The van der Waals surface area contributed by atoms with Gasteiger partial charge >= 0.3 is 5.69 Å². The molecule has 0 aliphatic rings. The van der Waals surface area contributed by atoms with E-state index in [0.717, 1.165) is 17.7 Å². The van der Waals surface area contributed by atoms with Crippen molar-refractivity contribution in [2.24, 2.45) is 5.10 Å². The van der Waals surface area contributed by atoms with Gasteiger partial charge in [-0.2, -0.15) is 5.10 Å². The molecule has 2 rings (SSSR count). The van der Waals surface area contributed by atoms with Crippen LogP contribution in [0, 0.1) is 20.2 Å². The molecular formula is C17H16N4O5. The van der Waals surface area contributed by atoms with Gasteiger partial charge in [-0.3, -0.25) is 25.7 Å². The molecule has 2 aromatic rings. The molecule has 0 saturated heterocycles. The highest BCUT2D eigenvalue weighted by molar-refractivity contribution is 5.85. The van der Waals surface area contributed by atoms with Crippen molar-refractivity contribution in [1.82, 2.24) is 0 Å². The molecule has 0 spiro atoms. The maximum absolute atomic E-state index is 11.1. The van der Waals surface area contributed by atoms with Gasteiger partial charge in [0.15, 0.2) is 0 Å². The van der Waals surface area contributed by atoms with Gasteiger partial charge in [0.25, 0.3) is 5.69 Å². The molecule has 26 heavy (non-hydrogen) atoms. The summed E-state index contributed by atoms with van der Waals surface area (Å²) in [5.74, 6) is 0.621. The monoisotopic (exact) mass is 356 g/mol. The Morgan fingerprint density at radius 2 is 2.00 bits per heavy atom. The topological polar surface area (TPSA) is 120 Å². The third-order valence-electron chi connectivity index (χ3n) is 3.47. The van der Waals surface area contributed by atoms with Crippen molar-refractivity contribution < 1.29 is 14.6 Å². The van der Waals surface area contributed by atoms with Crippen LogP contribution in [0.3, 0.4) is 0 Å². The van der Waals surface area contributed by atoms with Gasteiger partial charge in [-0.05, 0) is 24.1 Å². The van der Waals surface area contributed by atoms with Gasteiger partial charge < -0.3 is 4.74 Å². The van der Waals surface area contributed by atoms with E-state index in [4.69, 9.17) is 4.74 Å². The highest BCUT2D eigenvalue weighted by atomic mass is 16.6. The van der Waals surface area contributed by atoms with Crippen molar-refractivity contribution in [2.45, 2.75) is 6.42 Å². The van der Waals surface area contributed by atoms with E-state index in [1.54, 1.807) is 12.1 Å². The lowest BCUT2D eigenvalue weighted by atomic mass is 10.1. The van der Waals surface area contributed by atoms with Crippen LogP contribution in [0.2, 0.25) is 0 Å². The predicted octanol–water partition coefficient (Wildman–Crippen LogP) is 3.69. The summed E-state index contributed by atoms with van der Waals surface area (Å²) < 4.78 is 5.39. The molecule has 9 nitrogen and oxygen atoms in total. The number of nitro benzene ring substituents is 2. The van der Waals surface area contributed by atoms with Crippen molar-refractivity contribution in [2.75, 3.05) is 12.5 Å². The van der Waals surface area contributed by atoms with E-state index in [0.29, 0.717) is 17.7 Å². The molecule has 0 aliphatic heterocycles. The standard InChI is InChI=1S/C17H16N4O5/c1-3-5-12-6-4-7-13(17(12)26-2)11-18-19-15-9-8-14(20(22)23)10-16(15)21(24)25/h3-4,6-11,19H,1,5H2,2H3/b18-11+. The Morgan fingerprint density at radius 3 is 2.62 bits per heavy atom. The van der Waals surface area contributed by atoms with Gasteiger partial charge in [0, 0.05) is 11.6 Å². The van der Waals surface area contributed by atoms with E-state index >= 15 is 0 Å². The average Bonchev–Trinajstić information content (AvgIpc) is 2.62. The summed E-state index contributed by atoms with van der Waals surface area (Å²) >= 11 is 0. The molecule has 0 bridgehead atoms. The second-order valence-corrected chi connectivity index (χ2v) is 5.12. The van der Waals surface area contributed by atoms with Crippen LogP contribution in [-0.4, -0.2) is 23.2 Å². The molecule has 0 atom stereocenters. The lowest BCUT2D eigenvalue weighted by molar-refractivity contribution is -0.393. The zero-order valence-electron chi connectivity index (χ0n) is 13.9. The molecule has 0 unspecified atom stereocenters. The fourth-order valence-corrected chi connectivity index (χ4v) is 2.32. The average molecular weight is 356 g/mol. The SMILES string of the molecule is C=CCc1cccc(/C=N/Nc2ccc([N+](=O)[O-])cc2[N+](=O)[O-])c1OC. The summed E-state index contributed by atoms with van der Waals surface area (Å²) in [5, 5.41) is 25.8. The first kappa shape index (κ1) is 18.6. The largest absolute Gasteiger partial charge is 0.496 e. The second-order valence-electron chi connectivity index (χ2n) is 5.12. The van der Waals surface area contributed by atoms with E-state index in [1.165, 1.54) is 19.4 Å². The molecule has 0 aliphatic carbocycles. The highest BCUT2D eigenvalue weighted by Crippen LogP contribution is 2.29. The van der Waals surface area contributed by atoms with Crippen molar-refractivity contribution in [1.29, 1.82) is 0 Å². The number of allylic oxidation sites excluding steroid dienone is 1. The Kier molecular flexibility index (Phi) is 5.99. The molecule has 1 N–H and O–H groups in total. The summed E-state index contributed by atoms with van der Waals surface area (Å²) in [6.07, 6.45) is 3.82. The van der Waals surface area contributed by atoms with Gasteiger partial charge in [0.1, 0.15) is 11.4 Å². The number of hydrogen-bond donors (Lipinski definition) is 1. The number of nitrogens with zero attached hydrogens (tertiary/aromatic N) is 3. The summed E-state index contributed by atoms with van der Waals surface area (Å²) in [6.45, 7) is 3.70. The lowest BCUT2D eigenvalue weighted by Crippen LogP contribution is -2.00. The maximum Gasteiger partial charge on any atom is 0.301 e. The number of non-ortho nitro benzene ring substituents is 1. The quantitative estimate of drug-likeness (QED) is 0.333. The Morgan fingerprint density at radius 1 is 1.23 bits per heavy atom. The van der Waals surface area contributed by atoms with Crippen molar-refractivity contribution in [3.8, 4) is 5.75 Å². The molecule has 0 aromatic heterocycles. The van der Waals surface area contributed by atoms with E-state index in [2.05, 4.69) is 17.1 Å². The first-order chi connectivity index (χ1) is 12.5. The van der Waals surface area contributed by atoms with Crippen LogP contribution < -0.4 is 10.2 Å². The fourth-order valence-electron chi connectivity index (χ4n) is 2.32. The van der Waals surface area contributed by atoms with Crippen LogP contribution in [0.15, 0.2) is 54.2 Å². The van der Waals surface area contributed by atoms with Crippen LogP contribution in [0.4, 0.5) is 17.1 Å². The highest BCUT2D eigenvalue weighted by Gasteiger charge is 2.19. The van der Waals surface area contributed by atoms with Crippen LogP contribution in [0.5, 0.6) is 5.75 Å². The van der Waals surface area contributed by atoms with Crippen LogP contribution in [-0.2, 0) is 6.42 Å². The van der Waals surface area contributed by atoms with E-state index in [9.17, 15) is 20.2 Å². The second kappa shape index (κ2) is 8.38. The number of nitro groups is 2. The number of rotatable bonds is 8. The van der Waals surface area contributed by atoms with Gasteiger partial charge in [-0.15, -0.1) is 6.58 Å². The molecule has 0 saturated carbocycles. The molecule has 2 aromatic carbocycles. The van der Waals surface area contributed by atoms with Crippen molar-refractivity contribution in [3.05, 3.63) is 80.4 Å². The fraction of sp³-hybridized carbons (Fsp3) is 0.118. The summed E-state index contributed by atoms with van der Waals surface area (Å²) in [4.78, 5) is 20.5. The van der Waals surface area contributed by atoms with Crippen LogP contribution >= 0.6 is 0 Å². The van der Waals surface area contributed by atoms with E-state index in [1.807, 2.05) is 12.1 Å². The van der Waals surface area contributed by atoms with Crippen molar-refractivity contribution >= 4 is 23.3 Å². The van der Waals surface area contributed by atoms with Crippen LogP contribution in [0.25, 0.3) is 0 Å². The molecule has 0 fully saturated rings.